The second kappa shape index (κ2) is 7.44. The first kappa shape index (κ1) is 15.0. The van der Waals surface area contributed by atoms with E-state index in [1.807, 2.05) is 18.2 Å². The Morgan fingerprint density at radius 1 is 1.05 bits per heavy atom. The van der Waals surface area contributed by atoms with Gasteiger partial charge in [-0.15, -0.1) is 0 Å². The molecule has 2 aromatic carbocycles. The fourth-order valence-electron chi connectivity index (χ4n) is 2.16. The van der Waals surface area contributed by atoms with Crippen molar-refractivity contribution in [1.82, 2.24) is 5.32 Å². The lowest BCUT2D eigenvalue weighted by Gasteiger charge is -2.16. The third kappa shape index (κ3) is 4.07. The van der Waals surface area contributed by atoms with E-state index < -0.39 is 0 Å². The highest BCUT2D eigenvalue weighted by Crippen LogP contribution is 2.17. The van der Waals surface area contributed by atoms with Gasteiger partial charge in [-0.05, 0) is 35.7 Å². The molecule has 3 heteroatoms. The van der Waals surface area contributed by atoms with Crippen molar-refractivity contribution in [3.8, 4) is 0 Å². The highest BCUT2D eigenvalue weighted by atomic mass is 35.5. The summed E-state index contributed by atoms with van der Waals surface area (Å²) < 4.78 is 5.23. The Morgan fingerprint density at radius 2 is 1.70 bits per heavy atom. The molecule has 20 heavy (non-hydrogen) atoms. The number of benzene rings is 2. The average molecular weight is 290 g/mol. The number of halogens is 1. The molecule has 0 unspecified atom stereocenters. The number of hydrogen-bond donors (Lipinski definition) is 1. The van der Waals surface area contributed by atoms with Crippen LogP contribution in [0.4, 0.5) is 0 Å². The Hall–Kier alpha value is -1.35. The number of rotatable bonds is 6. The van der Waals surface area contributed by atoms with Gasteiger partial charge in [-0.1, -0.05) is 48.0 Å². The third-order valence-corrected chi connectivity index (χ3v) is 3.64. The summed E-state index contributed by atoms with van der Waals surface area (Å²) in [6, 6.07) is 16.6. The van der Waals surface area contributed by atoms with Crippen LogP contribution >= 0.6 is 11.6 Å². The predicted molar refractivity (Wildman–Crippen MR) is 83.9 cm³/mol. The summed E-state index contributed by atoms with van der Waals surface area (Å²) in [6.07, 6.45) is 0. The average Bonchev–Trinajstić information content (AvgIpc) is 2.47. The smallest absolute Gasteiger partial charge is 0.0716 e. The molecule has 0 radical (unpaired) electrons. The van der Waals surface area contributed by atoms with Gasteiger partial charge < -0.3 is 10.1 Å². The quantitative estimate of drug-likeness (QED) is 0.854. The van der Waals surface area contributed by atoms with Gasteiger partial charge in [-0.25, -0.2) is 0 Å². The Balaban J connectivity index is 1.99. The van der Waals surface area contributed by atoms with Gasteiger partial charge in [0, 0.05) is 24.7 Å². The summed E-state index contributed by atoms with van der Waals surface area (Å²) in [5.41, 5.74) is 3.74. The molecule has 0 aliphatic heterocycles. The van der Waals surface area contributed by atoms with Crippen LogP contribution in [0.25, 0.3) is 0 Å². The highest BCUT2D eigenvalue weighted by molar-refractivity contribution is 6.30. The molecule has 0 saturated carbocycles. The van der Waals surface area contributed by atoms with Crippen LogP contribution in [0.1, 0.15) is 29.7 Å². The van der Waals surface area contributed by atoms with Crippen molar-refractivity contribution in [3.05, 3.63) is 70.2 Å². The van der Waals surface area contributed by atoms with Gasteiger partial charge in [0.2, 0.25) is 0 Å². The molecule has 2 rings (SSSR count). The number of methoxy groups -OCH3 is 1. The maximum Gasteiger partial charge on any atom is 0.0716 e. The van der Waals surface area contributed by atoms with Gasteiger partial charge in [0.25, 0.3) is 0 Å². The molecule has 0 spiro atoms. The minimum atomic E-state index is 0.280. The lowest BCUT2D eigenvalue weighted by Crippen LogP contribution is -2.19. The largest absolute Gasteiger partial charge is 0.380 e. The number of nitrogens with one attached hydrogen (secondary N) is 1. The van der Waals surface area contributed by atoms with Crippen molar-refractivity contribution in [2.75, 3.05) is 7.11 Å². The van der Waals surface area contributed by atoms with E-state index in [0.717, 1.165) is 11.6 Å². The monoisotopic (exact) mass is 289 g/mol. The van der Waals surface area contributed by atoms with Gasteiger partial charge in [0.05, 0.1) is 6.61 Å². The maximum absolute atomic E-state index is 5.91. The Morgan fingerprint density at radius 3 is 2.35 bits per heavy atom. The van der Waals surface area contributed by atoms with E-state index in [9.17, 15) is 0 Å². The van der Waals surface area contributed by atoms with Crippen LogP contribution in [0.15, 0.2) is 48.5 Å². The summed E-state index contributed by atoms with van der Waals surface area (Å²) in [4.78, 5) is 0. The summed E-state index contributed by atoms with van der Waals surface area (Å²) >= 11 is 5.91. The normalized spacial score (nSPS) is 12.3. The van der Waals surface area contributed by atoms with Gasteiger partial charge in [-0.3, -0.25) is 0 Å². The molecule has 1 N–H and O–H groups in total. The Labute approximate surface area is 125 Å². The SMILES string of the molecule is COCc1ccccc1CN[C@H](C)c1ccc(Cl)cc1. The zero-order valence-electron chi connectivity index (χ0n) is 11.9. The molecule has 2 aromatic rings. The van der Waals surface area contributed by atoms with Crippen molar-refractivity contribution in [2.24, 2.45) is 0 Å². The summed E-state index contributed by atoms with van der Waals surface area (Å²) in [6.45, 7) is 3.62. The van der Waals surface area contributed by atoms with E-state index in [2.05, 4.69) is 42.6 Å². The summed E-state index contributed by atoms with van der Waals surface area (Å²) in [5, 5.41) is 4.30. The van der Waals surface area contributed by atoms with Crippen molar-refractivity contribution in [3.63, 3.8) is 0 Å². The molecule has 0 saturated heterocycles. The molecule has 106 valence electrons. The van der Waals surface area contributed by atoms with Gasteiger partial charge in [0.15, 0.2) is 0 Å². The van der Waals surface area contributed by atoms with Gasteiger partial charge >= 0.3 is 0 Å². The highest BCUT2D eigenvalue weighted by Gasteiger charge is 2.06. The Bertz CT molecular complexity index is 539. The molecule has 0 aliphatic rings. The fraction of sp³-hybridized carbons (Fsp3) is 0.294. The number of ether oxygens (including phenoxy) is 1. The predicted octanol–water partition coefficient (Wildman–Crippen LogP) is 4.34. The lowest BCUT2D eigenvalue weighted by atomic mass is 10.1. The maximum atomic E-state index is 5.91. The minimum absolute atomic E-state index is 0.280. The Kier molecular flexibility index (Phi) is 5.60. The molecule has 0 fully saturated rings. The molecule has 1 atom stereocenters. The van der Waals surface area contributed by atoms with E-state index in [1.165, 1.54) is 16.7 Å². The van der Waals surface area contributed by atoms with Crippen LogP contribution < -0.4 is 5.32 Å². The van der Waals surface area contributed by atoms with Crippen LogP contribution in [-0.2, 0) is 17.9 Å². The van der Waals surface area contributed by atoms with E-state index in [4.69, 9.17) is 16.3 Å². The molecule has 0 amide bonds. The summed E-state index contributed by atoms with van der Waals surface area (Å²) in [5.74, 6) is 0. The lowest BCUT2D eigenvalue weighted by molar-refractivity contribution is 0.184. The molecule has 0 bridgehead atoms. The fourth-order valence-corrected chi connectivity index (χ4v) is 2.28. The molecule has 2 nitrogen and oxygen atoms in total. The molecular weight excluding hydrogens is 270 g/mol. The van der Waals surface area contributed by atoms with E-state index >= 15 is 0 Å². The minimum Gasteiger partial charge on any atom is -0.380 e. The first-order valence-corrected chi connectivity index (χ1v) is 7.13. The molecular formula is C17H20ClNO. The topological polar surface area (TPSA) is 21.3 Å². The standard InChI is InChI=1S/C17H20ClNO/c1-13(14-7-9-17(18)10-8-14)19-11-15-5-3-4-6-16(15)12-20-2/h3-10,13,19H,11-12H2,1-2H3/t13-/m1/s1. The van der Waals surface area contributed by atoms with Gasteiger partial charge in [-0.2, -0.15) is 0 Å². The van der Waals surface area contributed by atoms with Crippen molar-refractivity contribution >= 4 is 11.6 Å². The first-order valence-electron chi connectivity index (χ1n) is 6.75. The van der Waals surface area contributed by atoms with Crippen LogP contribution in [-0.4, -0.2) is 7.11 Å². The van der Waals surface area contributed by atoms with Crippen molar-refractivity contribution in [2.45, 2.75) is 26.1 Å². The van der Waals surface area contributed by atoms with Crippen LogP contribution in [0, 0.1) is 0 Å². The van der Waals surface area contributed by atoms with Crippen LogP contribution in [0.2, 0.25) is 5.02 Å². The van der Waals surface area contributed by atoms with Crippen molar-refractivity contribution in [1.29, 1.82) is 0 Å². The molecule has 0 aromatic heterocycles. The molecule has 0 heterocycles. The number of hydrogen-bond acceptors (Lipinski definition) is 2. The zero-order chi connectivity index (χ0) is 14.4. The third-order valence-electron chi connectivity index (χ3n) is 3.39. The van der Waals surface area contributed by atoms with Crippen molar-refractivity contribution < 1.29 is 4.74 Å². The van der Waals surface area contributed by atoms with Crippen LogP contribution in [0.3, 0.4) is 0 Å². The van der Waals surface area contributed by atoms with E-state index in [1.54, 1.807) is 7.11 Å². The van der Waals surface area contributed by atoms with Gasteiger partial charge in [0.1, 0.15) is 0 Å². The second-order valence-electron chi connectivity index (χ2n) is 4.86. The molecule has 0 aliphatic carbocycles. The summed E-state index contributed by atoms with van der Waals surface area (Å²) in [7, 11) is 1.72. The zero-order valence-corrected chi connectivity index (χ0v) is 12.7. The second-order valence-corrected chi connectivity index (χ2v) is 5.29. The van der Waals surface area contributed by atoms with E-state index in [-0.39, 0.29) is 6.04 Å². The van der Waals surface area contributed by atoms with Crippen LogP contribution in [0.5, 0.6) is 0 Å². The first-order chi connectivity index (χ1) is 9.70. The van der Waals surface area contributed by atoms with E-state index in [0.29, 0.717) is 6.61 Å².